The highest BCUT2D eigenvalue weighted by Gasteiger charge is 2.30. The van der Waals surface area contributed by atoms with Crippen LogP contribution in [0.5, 0.6) is 0 Å². The summed E-state index contributed by atoms with van der Waals surface area (Å²) in [6, 6.07) is 3.93. The minimum atomic E-state index is -0.00282. The van der Waals surface area contributed by atoms with E-state index in [0.29, 0.717) is 6.04 Å². The van der Waals surface area contributed by atoms with Gasteiger partial charge in [-0.2, -0.15) is 0 Å². The highest BCUT2D eigenvalue weighted by Crippen LogP contribution is 2.20. The van der Waals surface area contributed by atoms with Crippen LogP contribution in [-0.4, -0.2) is 66.2 Å². The molecule has 0 saturated carbocycles. The number of hydrogen-bond acceptors (Lipinski definition) is 4. The Morgan fingerprint density at radius 1 is 1.29 bits per heavy atom. The van der Waals surface area contributed by atoms with E-state index in [1.165, 1.54) is 0 Å². The van der Waals surface area contributed by atoms with Gasteiger partial charge in [0.1, 0.15) is 0 Å². The second kappa shape index (κ2) is 6.87. The normalized spacial score (nSPS) is 23.2. The number of carbonyl (C=O) groups excluding carboxylic acids is 1. The molecule has 1 N–H and O–H groups in total. The molecule has 0 unspecified atom stereocenters. The SMILES string of the molecule is O=C(Nc1ccncc1)N1CCC[C@H]1CN1CCOCC1. The van der Waals surface area contributed by atoms with Gasteiger partial charge in [0.05, 0.1) is 13.2 Å². The molecule has 0 radical (unpaired) electrons. The largest absolute Gasteiger partial charge is 0.379 e. The van der Waals surface area contributed by atoms with Crippen LogP contribution in [-0.2, 0) is 4.74 Å². The van der Waals surface area contributed by atoms with Gasteiger partial charge in [-0.1, -0.05) is 0 Å². The molecule has 2 aliphatic rings. The Balaban J connectivity index is 1.56. The van der Waals surface area contributed by atoms with Crippen LogP contribution in [0.15, 0.2) is 24.5 Å². The van der Waals surface area contributed by atoms with E-state index in [4.69, 9.17) is 4.74 Å². The number of urea groups is 1. The molecule has 0 aromatic carbocycles. The van der Waals surface area contributed by atoms with Gasteiger partial charge in [0, 0.05) is 50.3 Å². The molecule has 3 heterocycles. The first-order valence-electron chi connectivity index (χ1n) is 7.61. The predicted molar refractivity (Wildman–Crippen MR) is 80.2 cm³/mol. The van der Waals surface area contributed by atoms with E-state index in [9.17, 15) is 4.79 Å². The van der Waals surface area contributed by atoms with Crippen molar-refractivity contribution in [2.24, 2.45) is 0 Å². The summed E-state index contributed by atoms with van der Waals surface area (Å²) in [5, 5.41) is 2.95. The van der Waals surface area contributed by atoms with Crippen LogP contribution < -0.4 is 5.32 Å². The zero-order valence-electron chi connectivity index (χ0n) is 12.2. The van der Waals surface area contributed by atoms with Gasteiger partial charge in [0.2, 0.25) is 0 Å². The first kappa shape index (κ1) is 14.3. The maximum atomic E-state index is 12.4. The molecule has 114 valence electrons. The molecule has 0 bridgehead atoms. The maximum absolute atomic E-state index is 12.4. The van der Waals surface area contributed by atoms with Crippen LogP contribution in [0.4, 0.5) is 10.5 Å². The van der Waals surface area contributed by atoms with Crippen molar-refractivity contribution in [2.45, 2.75) is 18.9 Å². The average molecular weight is 290 g/mol. The fraction of sp³-hybridized carbons (Fsp3) is 0.600. The number of morpholine rings is 1. The van der Waals surface area contributed by atoms with Crippen molar-refractivity contribution < 1.29 is 9.53 Å². The average Bonchev–Trinajstić information content (AvgIpc) is 2.97. The van der Waals surface area contributed by atoms with E-state index in [0.717, 1.165) is 57.9 Å². The molecule has 1 aromatic heterocycles. The number of anilines is 1. The van der Waals surface area contributed by atoms with E-state index in [1.54, 1.807) is 12.4 Å². The molecular weight excluding hydrogens is 268 g/mol. The second-order valence-corrected chi connectivity index (χ2v) is 5.57. The van der Waals surface area contributed by atoms with Gasteiger partial charge in [-0.3, -0.25) is 9.88 Å². The molecule has 3 rings (SSSR count). The second-order valence-electron chi connectivity index (χ2n) is 5.57. The van der Waals surface area contributed by atoms with E-state index < -0.39 is 0 Å². The fourth-order valence-electron chi connectivity index (χ4n) is 3.01. The number of carbonyl (C=O) groups is 1. The quantitative estimate of drug-likeness (QED) is 0.914. The minimum absolute atomic E-state index is 0.00282. The zero-order valence-corrected chi connectivity index (χ0v) is 12.2. The lowest BCUT2D eigenvalue weighted by molar-refractivity contribution is 0.0296. The molecule has 2 saturated heterocycles. The lowest BCUT2D eigenvalue weighted by atomic mass is 10.2. The van der Waals surface area contributed by atoms with Crippen molar-refractivity contribution in [1.29, 1.82) is 0 Å². The summed E-state index contributed by atoms with van der Waals surface area (Å²) >= 11 is 0. The van der Waals surface area contributed by atoms with Gasteiger partial charge in [0.15, 0.2) is 0 Å². The minimum Gasteiger partial charge on any atom is -0.379 e. The Morgan fingerprint density at radius 3 is 2.81 bits per heavy atom. The molecule has 21 heavy (non-hydrogen) atoms. The Labute approximate surface area is 125 Å². The lowest BCUT2D eigenvalue weighted by Crippen LogP contribution is -2.47. The molecule has 0 spiro atoms. The van der Waals surface area contributed by atoms with Gasteiger partial charge < -0.3 is 15.0 Å². The molecular formula is C15H22N4O2. The van der Waals surface area contributed by atoms with Gasteiger partial charge in [-0.25, -0.2) is 4.79 Å². The first-order chi connectivity index (χ1) is 10.3. The molecule has 2 amide bonds. The Kier molecular flexibility index (Phi) is 4.67. The number of aromatic nitrogens is 1. The molecule has 1 atom stereocenters. The van der Waals surface area contributed by atoms with E-state index in [-0.39, 0.29) is 6.03 Å². The molecule has 2 fully saturated rings. The third-order valence-corrected chi connectivity index (χ3v) is 4.14. The highest BCUT2D eigenvalue weighted by atomic mass is 16.5. The third-order valence-electron chi connectivity index (χ3n) is 4.14. The van der Waals surface area contributed by atoms with E-state index >= 15 is 0 Å². The van der Waals surface area contributed by atoms with Crippen LogP contribution in [0, 0.1) is 0 Å². The summed E-state index contributed by atoms with van der Waals surface area (Å²) in [4.78, 5) is 20.7. The third kappa shape index (κ3) is 3.71. The van der Waals surface area contributed by atoms with Crippen molar-refractivity contribution in [3.05, 3.63) is 24.5 Å². The smallest absolute Gasteiger partial charge is 0.322 e. The summed E-state index contributed by atoms with van der Waals surface area (Å²) in [5.74, 6) is 0. The fourth-order valence-corrected chi connectivity index (χ4v) is 3.01. The molecule has 2 aliphatic heterocycles. The predicted octanol–water partition coefficient (Wildman–Crippen LogP) is 1.41. The number of rotatable bonds is 3. The Morgan fingerprint density at radius 2 is 2.05 bits per heavy atom. The summed E-state index contributed by atoms with van der Waals surface area (Å²) in [6.07, 6.45) is 5.54. The van der Waals surface area contributed by atoms with Crippen molar-refractivity contribution >= 4 is 11.7 Å². The zero-order chi connectivity index (χ0) is 14.5. The first-order valence-corrected chi connectivity index (χ1v) is 7.61. The van der Waals surface area contributed by atoms with Crippen LogP contribution in [0.25, 0.3) is 0 Å². The maximum Gasteiger partial charge on any atom is 0.322 e. The topological polar surface area (TPSA) is 57.7 Å². The standard InChI is InChI=1S/C15H22N4O2/c20-15(17-13-3-5-16-6-4-13)19-7-1-2-14(19)12-18-8-10-21-11-9-18/h3-6,14H,1-2,7-12H2,(H,16,17,20)/t14-/m0/s1. The van der Waals surface area contributed by atoms with Crippen molar-refractivity contribution in [3.63, 3.8) is 0 Å². The number of hydrogen-bond donors (Lipinski definition) is 1. The molecule has 6 heteroatoms. The van der Waals surface area contributed by atoms with Gasteiger partial charge >= 0.3 is 6.03 Å². The Bertz CT molecular complexity index is 462. The number of amides is 2. The summed E-state index contributed by atoms with van der Waals surface area (Å²) in [6.45, 7) is 5.33. The number of pyridine rings is 1. The summed E-state index contributed by atoms with van der Waals surface area (Å²) < 4.78 is 5.38. The number of ether oxygens (including phenoxy) is 1. The monoisotopic (exact) mass is 290 g/mol. The van der Waals surface area contributed by atoms with Crippen LogP contribution in [0.3, 0.4) is 0 Å². The van der Waals surface area contributed by atoms with Gasteiger partial charge in [-0.05, 0) is 25.0 Å². The highest BCUT2D eigenvalue weighted by molar-refractivity contribution is 5.89. The molecule has 1 aromatic rings. The summed E-state index contributed by atoms with van der Waals surface area (Å²) in [7, 11) is 0. The number of likely N-dealkylation sites (tertiary alicyclic amines) is 1. The Hall–Kier alpha value is -1.66. The lowest BCUT2D eigenvalue weighted by Gasteiger charge is -2.32. The van der Waals surface area contributed by atoms with Gasteiger partial charge in [-0.15, -0.1) is 0 Å². The molecule has 6 nitrogen and oxygen atoms in total. The van der Waals surface area contributed by atoms with Crippen LogP contribution >= 0.6 is 0 Å². The van der Waals surface area contributed by atoms with Gasteiger partial charge in [0.25, 0.3) is 0 Å². The van der Waals surface area contributed by atoms with E-state index in [2.05, 4.69) is 15.2 Å². The van der Waals surface area contributed by atoms with E-state index in [1.807, 2.05) is 17.0 Å². The number of nitrogens with zero attached hydrogens (tertiary/aromatic N) is 3. The van der Waals surface area contributed by atoms with Crippen LogP contribution in [0.1, 0.15) is 12.8 Å². The van der Waals surface area contributed by atoms with Crippen LogP contribution in [0.2, 0.25) is 0 Å². The summed E-state index contributed by atoms with van der Waals surface area (Å²) in [5.41, 5.74) is 0.798. The van der Waals surface area contributed by atoms with Crippen molar-refractivity contribution in [3.8, 4) is 0 Å². The van der Waals surface area contributed by atoms with Crippen molar-refractivity contribution in [2.75, 3.05) is 44.7 Å². The molecule has 0 aliphatic carbocycles. The number of nitrogens with one attached hydrogen (secondary N) is 1. The van der Waals surface area contributed by atoms with Crippen molar-refractivity contribution in [1.82, 2.24) is 14.8 Å².